The summed E-state index contributed by atoms with van der Waals surface area (Å²) in [5, 5.41) is 9.92. The van der Waals surface area contributed by atoms with E-state index in [0.717, 1.165) is 51.4 Å². The van der Waals surface area contributed by atoms with Crippen molar-refractivity contribution in [2.24, 2.45) is 0 Å². The molecule has 3 unspecified atom stereocenters. The molecule has 0 aliphatic carbocycles. The molecule has 0 aromatic carbocycles. The Kier molecular flexibility index (Phi) is 10.8. The highest BCUT2D eigenvalue weighted by molar-refractivity contribution is 5.68. The average Bonchev–Trinajstić information content (AvgIpc) is 3.33. The highest BCUT2D eigenvalue weighted by Gasteiger charge is 2.42. The van der Waals surface area contributed by atoms with Crippen molar-refractivity contribution in [1.29, 1.82) is 0 Å². The first kappa shape index (κ1) is 20.0. The number of carbonyl (C=O) groups is 1. The quantitative estimate of drug-likeness (QED) is 0.258. The standard InChI is InChI=1S/C19H32O4/c1-3-4-5-7-10-13-16(20)19-17(23-19)14-11-8-6-9-12-15-18(21)22-2/h16-17,19-20H,3-9,11-12,14-15H2,1-2H3. The molecule has 23 heavy (non-hydrogen) atoms. The molecule has 0 amide bonds. The lowest BCUT2D eigenvalue weighted by Crippen LogP contribution is -2.14. The third-order valence-electron chi connectivity index (χ3n) is 4.19. The summed E-state index contributed by atoms with van der Waals surface area (Å²) in [4.78, 5) is 11.0. The normalized spacial score (nSPS) is 20.5. The van der Waals surface area contributed by atoms with Crippen LogP contribution in [-0.4, -0.2) is 36.5 Å². The number of esters is 1. The molecule has 1 saturated heterocycles. The molecular formula is C19H32O4. The summed E-state index contributed by atoms with van der Waals surface area (Å²) < 4.78 is 10.1. The van der Waals surface area contributed by atoms with Crippen LogP contribution in [0.4, 0.5) is 0 Å². The monoisotopic (exact) mass is 324 g/mol. The maximum atomic E-state index is 11.0. The van der Waals surface area contributed by atoms with Gasteiger partial charge in [-0.15, -0.1) is 5.92 Å². The second-order valence-electron chi connectivity index (χ2n) is 6.24. The number of aliphatic hydroxyl groups is 1. The minimum atomic E-state index is -0.623. The van der Waals surface area contributed by atoms with Crippen LogP contribution in [0.1, 0.15) is 77.6 Å². The number of hydrogen-bond acceptors (Lipinski definition) is 4. The number of unbranched alkanes of at least 4 members (excludes halogenated alkanes) is 7. The molecule has 0 aromatic heterocycles. The van der Waals surface area contributed by atoms with Gasteiger partial charge in [0.15, 0.2) is 0 Å². The van der Waals surface area contributed by atoms with E-state index in [1.807, 2.05) is 0 Å². The van der Waals surface area contributed by atoms with Crippen molar-refractivity contribution >= 4 is 5.97 Å². The molecule has 0 spiro atoms. The number of rotatable bonds is 12. The Labute approximate surface area is 140 Å². The Bertz CT molecular complexity index is 383. The lowest BCUT2D eigenvalue weighted by atomic mass is 10.1. The molecule has 0 saturated carbocycles. The molecule has 4 heteroatoms. The van der Waals surface area contributed by atoms with Crippen molar-refractivity contribution in [3.63, 3.8) is 0 Å². The Balaban J connectivity index is 1.95. The molecule has 1 rings (SSSR count). The fourth-order valence-electron chi connectivity index (χ4n) is 2.64. The third kappa shape index (κ3) is 9.63. The zero-order valence-electron chi connectivity index (χ0n) is 14.7. The summed E-state index contributed by atoms with van der Waals surface area (Å²) in [6, 6.07) is 0. The summed E-state index contributed by atoms with van der Waals surface area (Å²) in [7, 11) is 1.43. The van der Waals surface area contributed by atoms with Gasteiger partial charge in [-0.1, -0.05) is 51.4 Å². The molecule has 3 atom stereocenters. The number of carbonyl (C=O) groups excluding carboxylic acids is 1. The maximum absolute atomic E-state index is 11.0. The van der Waals surface area contributed by atoms with Gasteiger partial charge in [0.25, 0.3) is 0 Å². The first-order valence-electron chi connectivity index (χ1n) is 9.07. The van der Waals surface area contributed by atoms with E-state index in [-0.39, 0.29) is 18.2 Å². The minimum absolute atomic E-state index is 0.0759. The fourth-order valence-corrected chi connectivity index (χ4v) is 2.64. The van der Waals surface area contributed by atoms with Crippen molar-refractivity contribution in [3.05, 3.63) is 0 Å². The minimum Gasteiger partial charge on any atom is -0.469 e. The molecule has 0 radical (unpaired) electrons. The zero-order valence-corrected chi connectivity index (χ0v) is 14.7. The van der Waals surface area contributed by atoms with Crippen LogP contribution in [0.15, 0.2) is 0 Å². The van der Waals surface area contributed by atoms with E-state index in [9.17, 15) is 9.90 Å². The molecule has 1 fully saturated rings. The van der Waals surface area contributed by atoms with E-state index in [2.05, 4.69) is 23.5 Å². The highest BCUT2D eigenvalue weighted by atomic mass is 16.6. The molecule has 4 nitrogen and oxygen atoms in total. The Morgan fingerprint density at radius 2 is 1.91 bits per heavy atom. The number of epoxide rings is 1. The lowest BCUT2D eigenvalue weighted by Gasteiger charge is -2.01. The number of ether oxygens (including phenoxy) is 2. The number of methoxy groups -OCH3 is 1. The van der Waals surface area contributed by atoms with E-state index in [4.69, 9.17) is 4.74 Å². The predicted octanol–water partition coefficient (Wildman–Crippen LogP) is 3.60. The van der Waals surface area contributed by atoms with Crippen LogP contribution in [0, 0.1) is 11.8 Å². The van der Waals surface area contributed by atoms with Crippen molar-refractivity contribution < 1.29 is 19.4 Å². The lowest BCUT2D eigenvalue weighted by molar-refractivity contribution is -0.140. The smallest absolute Gasteiger partial charge is 0.305 e. The van der Waals surface area contributed by atoms with Gasteiger partial charge < -0.3 is 14.6 Å². The van der Waals surface area contributed by atoms with Crippen molar-refractivity contribution in [3.8, 4) is 11.8 Å². The average molecular weight is 324 g/mol. The summed E-state index contributed by atoms with van der Waals surface area (Å²) in [5.74, 6) is 5.83. The SMILES string of the molecule is CCCCCC#CC(O)C1OC1CCCCCCCC(=O)OC. The molecule has 0 bridgehead atoms. The molecule has 1 aliphatic heterocycles. The maximum Gasteiger partial charge on any atom is 0.305 e. The van der Waals surface area contributed by atoms with Crippen molar-refractivity contribution in [2.45, 2.75) is 95.9 Å². The van der Waals surface area contributed by atoms with E-state index in [1.165, 1.54) is 20.0 Å². The third-order valence-corrected chi connectivity index (χ3v) is 4.19. The second-order valence-corrected chi connectivity index (χ2v) is 6.24. The highest BCUT2D eigenvalue weighted by Crippen LogP contribution is 2.30. The second kappa shape index (κ2) is 12.4. The van der Waals surface area contributed by atoms with Gasteiger partial charge in [-0.3, -0.25) is 4.79 Å². The van der Waals surface area contributed by atoms with Crippen molar-refractivity contribution in [1.82, 2.24) is 0 Å². The van der Waals surface area contributed by atoms with Crippen LogP contribution in [0.3, 0.4) is 0 Å². The Morgan fingerprint density at radius 3 is 2.65 bits per heavy atom. The predicted molar refractivity (Wildman–Crippen MR) is 90.9 cm³/mol. The Morgan fingerprint density at radius 1 is 1.17 bits per heavy atom. The van der Waals surface area contributed by atoms with Crippen LogP contribution < -0.4 is 0 Å². The summed E-state index contributed by atoms with van der Waals surface area (Å²) >= 11 is 0. The topological polar surface area (TPSA) is 59.1 Å². The molecule has 1 aliphatic rings. The van der Waals surface area contributed by atoms with E-state index in [0.29, 0.717) is 6.42 Å². The van der Waals surface area contributed by atoms with Gasteiger partial charge in [0.2, 0.25) is 0 Å². The van der Waals surface area contributed by atoms with Gasteiger partial charge >= 0.3 is 5.97 Å². The first-order chi connectivity index (χ1) is 11.2. The summed E-state index contributed by atoms with van der Waals surface area (Å²) in [6.45, 7) is 2.17. The molecule has 132 valence electrons. The largest absolute Gasteiger partial charge is 0.469 e. The van der Waals surface area contributed by atoms with Gasteiger partial charge in [-0.2, -0.15) is 0 Å². The number of hydrogen-bond donors (Lipinski definition) is 1. The van der Waals surface area contributed by atoms with Gasteiger partial charge in [0, 0.05) is 12.8 Å². The van der Waals surface area contributed by atoms with Gasteiger partial charge in [-0.25, -0.2) is 0 Å². The van der Waals surface area contributed by atoms with Gasteiger partial charge in [-0.05, 0) is 19.3 Å². The number of aliphatic hydroxyl groups excluding tert-OH is 1. The Hall–Kier alpha value is -1.05. The van der Waals surface area contributed by atoms with Crippen LogP contribution >= 0.6 is 0 Å². The van der Waals surface area contributed by atoms with E-state index < -0.39 is 6.10 Å². The first-order valence-corrected chi connectivity index (χ1v) is 9.07. The van der Waals surface area contributed by atoms with E-state index >= 15 is 0 Å². The molecule has 1 N–H and O–H groups in total. The zero-order chi connectivity index (χ0) is 16.9. The van der Waals surface area contributed by atoms with Crippen LogP contribution in [-0.2, 0) is 14.3 Å². The molecule has 0 aromatic rings. The van der Waals surface area contributed by atoms with Crippen molar-refractivity contribution in [2.75, 3.05) is 7.11 Å². The summed E-state index contributed by atoms with van der Waals surface area (Å²) in [6.07, 6.45) is 10.7. The van der Waals surface area contributed by atoms with Crippen LogP contribution in [0.5, 0.6) is 0 Å². The van der Waals surface area contributed by atoms with E-state index in [1.54, 1.807) is 0 Å². The van der Waals surface area contributed by atoms with Crippen LogP contribution in [0.2, 0.25) is 0 Å². The molecular weight excluding hydrogens is 292 g/mol. The van der Waals surface area contributed by atoms with Gasteiger partial charge in [0.1, 0.15) is 12.2 Å². The van der Waals surface area contributed by atoms with Gasteiger partial charge in [0.05, 0.1) is 13.2 Å². The summed E-state index contributed by atoms with van der Waals surface area (Å²) in [5.41, 5.74) is 0. The fraction of sp³-hybridized carbons (Fsp3) is 0.842. The van der Waals surface area contributed by atoms with Crippen LogP contribution in [0.25, 0.3) is 0 Å². The molecule has 1 heterocycles.